The molecular formula is C19H27N2O+. The fraction of sp³-hybridized carbons (Fsp3) is 0.579. The van der Waals surface area contributed by atoms with E-state index < -0.39 is 0 Å². The molecule has 0 aromatic heterocycles. The second-order valence-electron chi connectivity index (χ2n) is 7.18. The van der Waals surface area contributed by atoms with Gasteiger partial charge in [-0.3, -0.25) is 4.79 Å². The number of amides is 1. The van der Waals surface area contributed by atoms with Crippen LogP contribution in [-0.4, -0.2) is 28.8 Å². The van der Waals surface area contributed by atoms with E-state index in [2.05, 4.69) is 54.9 Å². The van der Waals surface area contributed by atoms with Crippen LogP contribution in [0, 0.1) is 0 Å². The summed E-state index contributed by atoms with van der Waals surface area (Å²) in [6.45, 7) is 7.83. The molecule has 0 unspecified atom stereocenters. The van der Waals surface area contributed by atoms with Crippen molar-refractivity contribution < 1.29 is 9.37 Å². The van der Waals surface area contributed by atoms with E-state index >= 15 is 0 Å². The van der Waals surface area contributed by atoms with Gasteiger partial charge in [-0.05, 0) is 33.1 Å². The van der Waals surface area contributed by atoms with Crippen LogP contribution >= 0.6 is 0 Å². The van der Waals surface area contributed by atoms with E-state index in [9.17, 15) is 4.79 Å². The monoisotopic (exact) mass is 299 g/mol. The molecule has 1 aromatic rings. The number of nitrogens with one attached hydrogen (secondary N) is 1. The fourth-order valence-electron chi connectivity index (χ4n) is 3.32. The lowest BCUT2D eigenvalue weighted by molar-refractivity contribution is -0.439. The lowest BCUT2D eigenvalue weighted by Crippen LogP contribution is -2.27. The molecule has 0 saturated heterocycles. The molecule has 1 heterocycles. The number of benzene rings is 1. The zero-order valence-corrected chi connectivity index (χ0v) is 14.0. The summed E-state index contributed by atoms with van der Waals surface area (Å²) in [5, 5.41) is 3.06. The number of para-hydroxylation sites is 1. The second kappa shape index (κ2) is 5.86. The van der Waals surface area contributed by atoms with Crippen molar-refractivity contribution in [3.05, 3.63) is 29.8 Å². The van der Waals surface area contributed by atoms with Crippen molar-refractivity contribution in [2.24, 2.45) is 0 Å². The highest BCUT2D eigenvalue weighted by molar-refractivity contribution is 5.93. The molecular weight excluding hydrogens is 272 g/mol. The Balaban J connectivity index is 1.57. The highest BCUT2D eigenvalue weighted by atomic mass is 16.1. The van der Waals surface area contributed by atoms with E-state index in [4.69, 9.17) is 0 Å². The first kappa shape index (κ1) is 15.3. The fourth-order valence-corrected chi connectivity index (χ4v) is 3.32. The van der Waals surface area contributed by atoms with Gasteiger partial charge in [0.1, 0.15) is 6.54 Å². The molecule has 0 bridgehead atoms. The van der Waals surface area contributed by atoms with E-state index in [1.165, 1.54) is 29.8 Å². The molecule has 1 aromatic carbocycles. The molecule has 3 nitrogen and oxygen atoms in total. The van der Waals surface area contributed by atoms with Gasteiger partial charge in [-0.1, -0.05) is 18.2 Å². The van der Waals surface area contributed by atoms with Crippen molar-refractivity contribution in [2.75, 3.05) is 6.54 Å². The summed E-state index contributed by atoms with van der Waals surface area (Å²) in [7, 11) is 0. The van der Waals surface area contributed by atoms with Gasteiger partial charge in [0.2, 0.25) is 11.6 Å². The SMILES string of the molecule is CC1=[N+](CCCCC(=O)NC2CC2)c2ccccc2C1(C)C. The Bertz CT molecular complexity index is 612. The average molecular weight is 299 g/mol. The molecule has 118 valence electrons. The molecule has 1 aliphatic carbocycles. The quantitative estimate of drug-likeness (QED) is 0.632. The summed E-state index contributed by atoms with van der Waals surface area (Å²) in [6, 6.07) is 9.17. The summed E-state index contributed by atoms with van der Waals surface area (Å²) in [5.74, 6) is 0.227. The van der Waals surface area contributed by atoms with Crippen LogP contribution in [0.5, 0.6) is 0 Å². The third kappa shape index (κ3) is 2.94. The molecule has 0 radical (unpaired) electrons. The standard InChI is InChI=1S/C19H26N2O/c1-14-19(2,3)16-8-4-5-9-17(16)21(14)13-7-6-10-18(22)20-15-11-12-15/h4-5,8-9,15H,6-7,10-13H2,1-3H3/p+1. The molecule has 3 heteroatoms. The number of carbonyl (C=O) groups is 1. The van der Waals surface area contributed by atoms with Gasteiger partial charge in [-0.25, -0.2) is 0 Å². The molecule has 1 aliphatic heterocycles. The third-order valence-corrected chi connectivity index (χ3v) is 5.16. The Kier molecular flexibility index (Phi) is 4.07. The molecule has 1 amide bonds. The van der Waals surface area contributed by atoms with Crippen LogP contribution in [-0.2, 0) is 10.2 Å². The maximum Gasteiger partial charge on any atom is 0.220 e. The minimum atomic E-state index is 0.111. The molecule has 0 spiro atoms. The Labute approximate surface area is 133 Å². The normalized spacial score (nSPS) is 19.2. The van der Waals surface area contributed by atoms with Crippen LogP contribution in [0.3, 0.4) is 0 Å². The average Bonchev–Trinajstić information content (AvgIpc) is 3.27. The zero-order chi connectivity index (χ0) is 15.7. The van der Waals surface area contributed by atoms with Crippen LogP contribution in [0.2, 0.25) is 0 Å². The van der Waals surface area contributed by atoms with Crippen molar-refractivity contribution in [1.82, 2.24) is 5.32 Å². The maximum absolute atomic E-state index is 11.7. The molecule has 1 fully saturated rings. The Morgan fingerprint density at radius 1 is 1.27 bits per heavy atom. The van der Waals surface area contributed by atoms with E-state index in [1.54, 1.807) is 0 Å². The Morgan fingerprint density at radius 2 is 2.00 bits per heavy atom. The Hall–Kier alpha value is -1.64. The predicted octanol–water partition coefficient (Wildman–Crippen LogP) is 3.53. The van der Waals surface area contributed by atoms with Gasteiger partial charge >= 0.3 is 0 Å². The van der Waals surface area contributed by atoms with Crippen LogP contribution in [0.1, 0.15) is 58.4 Å². The van der Waals surface area contributed by atoms with Gasteiger partial charge in [0.15, 0.2) is 5.71 Å². The minimum absolute atomic E-state index is 0.111. The molecule has 3 rings (SSSR count). The lowest BCUT2D eigenvalue weighted by atomic mass is 9.82. The lowest BCUT2D eigenvalue weighted by Gasteiger charge is -2.14. The first-order valence-electron chi connectivity index (χ1n) is 8.50. The van der Waals surface area contributed by atoms with E-state index in [0.717, 1.165) is 19.4 Å². The van der Waals surface area contributed by atoms with Crippen LogP contribution in [0.4, 0.5) is 5.69 Å². The molecule has 0 atom stereocenters. The van der Waals surface area contributed by atoms with Crippen LogP contribution in [0.25, 0.3) is 0 Å². The second-order valence-corrected chi connectivity index (χ2v) is 7.18. The van der Waals surface area contributed by atoms with Crippen LogP contribution < -0.4 is 5.32 Å². The van der Waals surface area contributed by atoms with Gasteiger partial charge < -0.3 is 5.32 Å². The minimum Gasteiger partial charge on any atom is -0.353 e. The topological polar surface area (TPSA) is 32.1 Å². The maximum atomic E-state index is 11.7. The van der Waals surface area contributed by atoms with Gasteiger partial charge in [-0.15, -0.1) is 0 Å². The number of hydrogen-bond acceptors (Lipinski definition) is 1. The number of unbranched alkanes of at least 4 members (excludes halogenated alkanes) is 1. The van der Waals surface area contributed by atoms with E-state index in [-0.39, 0.29) is 11.3 Å². The highest BCUT2D eigenvalue weighted by Crippen LogP contribution is 2.39. The van der Waals surface area contributed by atoms with E-state index in [0.29, 0.717) is 12.5 Å². The van der Waals surface area contributed by atoms with Crippen molar-refractivity contribution in [3.63, 3.8) is 0 Å². The first-order valence-corrected chi connectivity index (χ1v) is 8.50. The number of fused-ring (bicyclic) bond motifs is 1. The number of carbonyl (C=O) groups excluding carboxylic acids is 1. The number of hydrogen-bond donors (Lipinski definition) is 1. The zero-order valence-electron chi connectivity index (χ0n) is 14.0. The third-order valence-electron chi connectivity index (χ3n) is 5.16. The van der Waals surface area contributed by atoms with Crippen molar-refractivity contribution in [3.8, 4) is 0 Å². The summed E-state index contributed by atoms with van der Waals surface area (Å²) in [5.41, 5.74) is 4.28. The van der Waals surface area contributed by atoms with Crippen molar-refractivity contribution >= 4 is 17.3 Å². The Morgan fingerprint density at radius 3 is 2.73 bits per heavy atom. The number of rotatable bonds is 6. The summed E-state index contributed by atoms with van der Waals surface area (Å²) in [4.78, 5) is 11.7. The molecule has 22 heavy (non-hydrogen) atoms. The summed E-state index contributed by atoms with van der Waals surface area (Å²) < 4.78 is 2.44. The van der Waals surface area contributed by atoms with Crippen LogP contribution in [0.15, 0.2) is 24.3 Å². The van der Waals surface area contributed by atoms with Gasteiger partial charge in [0, 0.05) is 37.4 Å². The number of nitrogens with zero attached hydrogens (tertiary/aromatic N) is 1. The molecule has 1 N–H and O–H groups in total. The molecule has 2 aliphatic rings. The highest BCUT2D eigenvalue weighted by Gasteiger charge is 2.42. The largest absolute Gasteiger partial charge is 0.353 e. The van der Waals surface area contributed by atoms with Crippen molar-refractivity contribution in [1.29, 1.82) is 0 Å². The van der Waals surface area contributed by atoms with Gasteiger partial charge in [0.05, 0.1) is 5.41 Å². The summed E-state index contributed by atoms with van der Waals surface area (Å²) in [6.07, 6.45) is 5.01. The van der Waals surface area contributed by atoms with E-state index in [1.807, 2.05) is 0 Å². The van der Waals surface area contributed by atoms with Gasteiger partial charge in [0.25, 0.3) is 0 Å². The summed E-state index contributed by atoms with van der Waals surface area (Å²) >= 11 is 0. The predicted molar refractivity (Wildman–Crippen MR) is 90.0 cm³/mol. The first-order chi connectivity index (χ1) is 10.5. The smallest absolute Gasteiger partial charge is 0.220 e. The van der Waals surface area contributed by atoms with Gasteiger partial charge in [-0.2, -0.15) is 4.58 Å². The van der Waals surface area contributed by atoms with Crippen molar-refractivity contribution in [2.45, 2.75) is 64.3 Å². The molecule has 1 saturated carbocycles.